The molecule has 0 aromatic rings. The molecule has 0 saturated heterocycles. The van der Waals surface area contributed by atoms with Crippen LogP contribution < -0.4 is 5.32 Å². The number of carbonyl (C=O) groups excluding carboxylic acids is 2. The first-order valence-corrected chi connectivity index (χ1v) is 5.76. The van der Waals surface area contributed by atoms with Crippen molar-refractivity contribution in [2.45, 2.75) is 33.0 Å². The molecule has 0 radical (unpaired) electrons. The van der Waals surface area contributed by atoms with Gasteiger partial charge in [-0.15, -0.1) is 6.58 Å². The summed E-state index contributed by atoms with van der Waals surface area (Å²) in [6, 6.07) is -1.40. The first-order chi connectivity index (χ1) is 8.59. The van der Waals surface area contributed by atoms with Crippen molar-refractivity contribution in [2.75, 3.05) is 6.61 Å². The van der Waals surface area contributed by atoms with Gasteiger partial charge in [0.05, 0.1) is 6.61 Å². The molecular weight excluding hydrogens is 263 g/mol. The molecule has 110 valence electrons. The summed E-state index contributed by atoms with van der Waals surface area (Å²) in [5, 5.41) is 1.62. The maximum atomic E-state index is 12.2. The minimum atomic E-state index is -5.04. The van der Waals surface area contributed by atoms with Gasteiger partial charge in [0, 0.05) is 5.92 Å². The number of amides is 1. The summed E-state index contributed by atoms with van der Waals surface area (Å²) >= 11 is 0. The summed E-state index contributed by atoms with van der Waals surface area (Å²) in [5.41, 5.74) is 0. The highest BCUT2D eigenvalue weighted by Crippen LogP contribution is 2.16. The Morgan fingerprint density at radius 1 is 1.32 bits per heavy atom. The van der Waals surface area contributed by atoms with Gasteiger partial charge in [-0.3, -0.25) is 4.79 Å². The second-order valence-electron chi connectivity index (χ2n) is 4.57. The van der Waals surface area contributed by atoms with Gasteiger partial charge in [0.2, 0.25) is 0 Å². The average Bonchev–Trinajstić information content (AvgIpc) is 2.30. The van der Waals surface area contributed by atoms with Crippen LogP contribution in [0.5, 0.6) is 0 Å². The van der Waals surface area contributed by atoms with Gasteiger partial charge in [0.15, 0.2) is 0 Å². The van der Waals surface area contributed by atoms with Gasteiger partial charge in [0.1, 0.15) is 6.04 Å². The van der Waals surface area contributed by atoms with E-state index in [2.05, 4.69) is 6.58 Å². The summed E-state index contributed by atoms with van der Waals surface area (Å²) in [7, 11) is 0. The molecule has 7 heteroatoms. The van der Waals surface area contributed by atoms with E-state index < -0.39 is 30.0 Å². The van der Waals surface area contributed by atoms with Crippen molar-refractivity contribution >= 4 is 11.9 Å². The number of alkyl halides is 3. The molecule has 0 spiro atoms. The van der Waals surface area contributed by atoms with Crippen LogP contribution in [0.3, 0.4) is 0 Å². The van der Waals surface area contributed by atoms with Gasteiger partial charge in [-0.05, 0) is 5.92 Å². The fourth-order valence-corrected chi connectivity index (χ4v) is 1.10. The van der Waals surface area contributed by atoms with Gasteiger partial charge in [-0.25, -0.2) is 4.79 Å². The predicted molar refractivity (Wildman–Crippen MR) is 63.1 cm³/mol. The van der Waals surface area contributed by atoms with E-state index in [-0.39, 0.29) is 12.5 Å². The Balaban J connectivity index is 4.78. The fourth-order valence-electron chi connectivity index (χ4n) is 1.10. The average molecular weight is 281 g/mol. The molecule has 0 bridgehead atoms. The molecule has 19 heavy (non-hydrogen) atoms. The van der Waals surface area contributed by atoms with Crippen LogP contribution in [0, 0.1) is 11.8 Å². The van der Waals surface area contributed by atoms with E-state index in [4.69, 9.17) is 4.74 Å². The van der Waals surface area contributed by atoms with Crippen LogP contribution in [0.1, 0.15) is 20.8 Å². The number of rotatable bonds is 6. The van der Waals surface area contributed by atoms with Crippen LogP contribution in [0.25, 0.3) is 0 Å². The van der Waals surface area contributed by atoms with Crippen LogP contribution in [-0.2, 0) is 14.3 Å². The Morgan fingerprint density at radius 3 is 2.21 bits per heavy atom. The highest BCUT2D eigenvalue weighted by molar-refractivity contribution is 5.87. The highest BCUT2D eigenvalue weighted by Gasteiger charge is 2.41. The minimum Gasteiger partial charge on any atom is -0.464 e. The van der Waals surface area contributed by atoms with E-state index >= 15 is 0 Å². The van der Waals surface area contributed by atoms with E-state index in [0.717, 1.165) is 0 Å². The third kappa shape index (κ3) is 6.26. The molecule has 0 saturated carbocycles. The Labute approximate surface area is 110 Å². The third-order valence-corrected chi connectivity index (χ3v) is 2.25. The van der Waals surface area contributed by atoms with Crippen molar-refractivity contribution in [3.05, 3.63) is 12.7 Å². The number of nitrogens with one attached hydrogen (secondary N) is 1. The van der Waals surface area contributed by atoms with Crippen LogP contribution in [0.4, 0.5) is 13.2 Å². The lowest BCUT2D eigenvalue weighted by molar-refractivity contribution is -0.176. The van der Waals surface area contributed by atoms with Crippen LogP contribution in [0.15, 0.2) is 12.7 Å². The molecule has 4 nitrogen and oxygen atoms in total. The summed E-state index contributed by atoms with van der Waals surface area (Å²) in [6.07, 6.45) is -3.77. The summed E-state index contributed by atoms with van der Waals surface area (Å²) in [5.74, 6) is -3.71. The first-order valence-electron chi connectivity index (χ1n) is 5.76. The molecule has 0 rings (SSSR count). The quantitative estimate of drug-likeness (QED) is 0.599. The Kier molecular flexibility index (Phi) is 6.58. The zero-order valence-electron chi connectivity index (χ0n) is 11.1. The number of esters is 1. The number of hydrogen-bond acceptors (Lipinski definition) is 3. The first kappa shape index (κ1) is 17.5. The zero-order valence-corrected chi connectivity index (χ0v) is 11.1. The van der Waals surface area contributed by atoms with Gasteiger partial charge >= 0.3 is 18.1 Å². The molecule has 2 atom stereocenters. The standard InChI is InChI=1S/C12H18F3NO3/c1-5-8(4)9(10(17)19-6-7(2)3)16-11(18)12(13,14)15/h5,7-9H,1,6H2,2-4H3,(H,16,18). The van der Waals surface area contributed by atoms with Crippen molar-refractivity contribution in [1.82, 2.24) is 5.32 Å². The molecule has 0 aromatic heterocycles. The van der Waals surface area contributed by atoms with Crippen LogP contribution in [-0.4, -0.2) is 30.7 Å². The topological polar surface area (TPSA) is 55.4 Å². The highest BCUT2D eigenvalue weighted by atomic mass is 19.4. The molecule has 1 N–H and O–H groups in total. The van der Waals surface area contributed by atoms with Crippen LogP contribution >= 0.6 is 0 Å². The van der Waals surface area contributed by atoms with E-state index in [1.807, 2.05) is 0 Å². The van der Waals surface area contributed by atoms with Crippen molar-refractivity contribution < 1.29 is 27.5 Å². The SMILES string of the molecule is C=CC(C)C(NC(=O)C(F)(F)F)C(=O)OCC(C)C. The minimum absolute atomic E-state index is 0.0435. The molecule has 1 amide bonds. The second-order valence-corrected chi connectivity index (χ2v) is 4.57. The number of carbonyl (C=O) groups is 2. The Morgan fingerprint density at radius 2 is 1.84 bits per heavy atom. The maximum absolute atomic E-state index is 12.2. The number of ether oxygens (including phenoxy) is 1. The molecule has 0 fully saturated rings. The number of halogens is 3. The second kappa shape index (κ2) is 7.16. The van der Waals surface area contributed by atoms with Crippen molar-refractivity contribution in [3.63, 3.8) is 0 Å². The molecule has 0 heterocycles. The largest absolute Gasteiger partial charge is 0.471 e. The van der Waals surface area contributed by atoms with Crippen LogP contribution in [0.2, 0.25) is 0 Å². The summed E-state index contributed by atoms with van der Waals surface area (Å²) in [6.45, 7) is 8.49. The smallest absolute Gasteiger partial charge is 0.464 e. The zero-order chi connectivity index (χ0) is 15.2. The van der Waals surface area contributed by atoms with E-state index in [0.29, 0.717) is 0 Å². The lowest BCUT2D eigenvalue weighted by atomic mass is 10.0. The van der Waals surface area contributed by atoms with Gasteiger partial charge in [-0.2, -0.15) is 13.2 Å². The van der Waals surface area contributed by atoms with Gasteiger partial charge in [-0.1, -0.05) is 26.8 Å². The predicted octanol–water partition coefficient (Wildman–Crippen LogP) is 2.05. The molecule has 0 aromatic carbocycles. The van der Waals surface area contributed by atoms with Crippen molar-refractivity contribution in [3.8, 4) is 0 Å². The maximum Gasteiger partial charge on any atom is 0.471 e. The Bertz CT molecular complexity index is 340. The van der Waals surface area contributed by atoms with Gasteiger partial charge < -0.3 is 10.1 Å². The molecule has 2 unspecified atom stereocenters. The molecule has 0 aliphatic carbocycles. The molecule has 0 aliphatic heterocycles. The Hall–Kier alpha value is -1.53. The van der Waals surface area contributed by atoms with Crippen molar-refractivity contribution in [1.29, 1.82) is 0 Å². The van der Waals surface area contributed by atoms with E-state index in [9.17, 15) is 22.8 Å². The fraction of sp³-hybridized carbons (Fsp3) is 0.667. The van der Waals surface area contributed by atoms with E-state index in [1.165, 1.54) is 13.0 Å². The van der Waals surface area contributed by atoms with Gasteiger partial charge in [0.25, 0.3) is 0 Å². The van der Waals surface area contributed by atoms with Crippen molar-refractivity contribution in [2.24, 2.45) is 11.8 Å². The molecular formula is C12H18F3NO3. The molecule has 0 aliphatic rings. The monoisotopic (exact) mass is 281 g/mol. The summed E-state index contributed by atoms with van der Waals surface area (Å²) in [4.78, 5) is 22.5. The normalized spacial score (nSPS) is 14.7. The third-order valence-electron chi connectivity index (χ3n) is 2.25. The lowest BCUT2D eigenvalue weighted by Crippen LogP contribution is -2.50. The van der Waals surface area contributed by atoms with E-state index in [1.54, 1.807) is 19.2 Å². The number of hydrogen-bond donors (Lipinski definition) is 1. The summed E-state index contributed by atoms with van der Waals surface area (Å²) < 4.78 is 41.3. The lowest BCUT2D eigenvalue weighted by Gasteiger charge is -2.22.